The Morgan fingerprint density at radius 1 is 1.55 bits per heavy atom. The first-order chi connectivity index (χ1) is 9.58. The van der Waals surface area contributed by atoms with Gasteiger partial charge in [-0.3, -0.25) is 9.88 Å². The van der Waals surface area contributed by atoms with Gasteiger partial charge in [0, 0.05) is 25.3 Å². The van der Waals surface area contributed by atoms with Crippen molar-refractivity contribution < 1.29 is 8.42 Å². The van der Waals surface area contributed by atoms with E-state index in [4.69, 9.17) is 5.73 Å². The summed E-state index contributed by atoms with van der Waals surface area (Å²) < 4.78 is 27.4. The highest BCUT2D eigenvalue weighted by molar-refractivity contribution is 7.89. The first-order valence-electron chi connectivity index (χ1n) is 6.96. The number of pyridine rings is 1. The molecule has 0 bridgehead atoms. The van der Waals surface area contributed by atoms with Crippen molar-refractivity contribution in [3.05, 3.63) is 24.0 Å². The lowest BCUT2D eigenvalue weighted by Gasteiger charge is -2.23. The van der Waals surface area contributed by atoms with E-state index >= 15 is 0 Å². The minimum Gasteiger partial charge on any atom is -0.325 e. The zero-order valence-electron chi connectivity index (χ0n) is 11.7. The average molecular weight is 298 g/mol. The molecule has 0 amide bonds. The van der Waals surface area contributed by atoms with Gasteiger partial charge in [0.1, 0.15) is 4.90 Å². The Morgan fingerprint density at radius 3 is 3.05 bits per heavy atom. The van der Waals surface area contributed by atoms with Gasteiger partial charge in [0.25, 0.3) is 0 Å². The molecule has 0 radical (unpaired) electrons. The van der Waals surface area contributed by atoms with Gasteiger partial charge in [0.2, 0.25) is 10.0 Å². The lowest BCUT2D eigenvalue weighted by molar-refractivity contribution is 0.268. The number of hydrogen-bond acceptors (Lipinski definition) is 5. The van der Waals surface area contributed by atoms with Crippen LogP contribution in [0.1, 0.15) is 25.5 Å². The molecule has 1 fully saturated rings. The van der Waals surface area contributed by atoms with E-state index in [1.54, 1.807) is 18.3 Å². The van der Waals surface area contributed by atoms with E-state index in [-0.39, 0.29) is 17.5 Å². The van der Waals surface area contributed by atoms with Gasteiger partial charge in [0.15, 0.2) is 0 Å². The third-order valence-electron chi connectivity index (χ3n) is 3.75. The van der Waals surface area contributed by atoms with Crippen LogP contribution in [0.15, 0.2) is 23.2 Å². The Balaban J connectivity index is 2.08. The summed E-state index contributed by atoms with van der Waals surface area (Å²) in [5, 5.41) is 0. The van der Waals surface area contributed by atoms with Gasteiger partial charge in [0.05, 0.1) is 5.69 Å². The Hall–Kier alpha value is -1.02. The smallest absolute Gasteiger partial charge is 0.242 e. The topological polar surface area (TPSA) is 88.3 Å². The number of hydrogen-bond donors (Lipinski definition) is 2. The number of nitrogens with one attached hydrogen (secondary N) is 1. The van der Waals surface area contributed by atoms with Crippen LogP contribution in [0.4, 0.5) is 0 Å². The van der Waals surface area contributed by atoms with Gasteiger partial charge in [-0.2, -0.15) is 0 Å². The molecule has 0 saturated carbocycles. The molecule has 1 aromatic rings. The molecule has 0 aliphatic carbocycles. The fourth-order valence-corrected chi connectivity index (χ4v) is 3.92. The molecule has 1 unspecified atom stereocenters. The molecule has 2 heterocycles. The maximum Gasteiger partial charge on any atom is 0.242 e. The maximum atomic E-state index is 12.3. The Kier molecular flexibility index (Phi) is 5.09. The molecule has 3 N–H and O–H groups in total. The summed E-state index contributed by atoms with van der Waals surface area (Å²) in [4.78, 5) is 6.50. The van der Waals surface area contributed by atoms with E-state index in [1.807, 2.05) is 0 Å². The Labute approximate surface area is 120 Å². The van der Waals surface area contributed by atoms with Crippen molar-refractivity contribution in [1.82, 2.24) is 14.6 Å². The first-order valence-corrected chi connectivity index (χ1v) is 8.44. The molecule has 20 heavy (non-hydrogen) atoms. The molecule has 2 rings (SSSR count). The van der Waals surface area contributed by atoms with E-state index in [1.165, 1.54) is 0 Å². The van der Waals surface area contributed by atoms with Crippen LogP contribution in [-0.4, -0.2) is 44.0 Å². The third-order valence-corrected chi connectivity index (χ3v) is 5.24. The van der Waals surface area contributed by atoms with Crippen LogP contribution in [0.25, 0.3) is 0 Å². The number of nitrogens with two attached hydrogens (primary N) is 1. The molecule has 0 spiro atoms. The molecule has 0 aromatic carbocycles. The SMILES string of the molecule is CCN1CCCC1CNS(=O)(=O)c1cccnc1CN. The standard InChI is InChI=1S/C13H22N4O2S/c1-2-17-8-4-5-11(17)10-16-20(18,19)13-6-3-7-15-12(13)9-14/h3,6-7,11,16H,2,4-5,8-10,14H2,1H3. The van der Waals surface area contributed by atoms with Crippen molar-refractivity contribution in [1.29, 1.82) is 0 Å². The van der Waals surface area contributed by atoms with Gasteiger partial charge >= 0.3 is 0 Å². The molecule has 1 atom stereocenters. The summed E-state index contributed by atoms with van der Waals surface area (Å²) in [6.45, 7) is 4.65. The van der Waals surface area contributed by atoms with E-state index in [0.717, 1.165) is 25.9 Å². The lowest BCUT2D eigenvalue weighted by Crippen LogP contribution is -2.40. The monoisotopic (exact) mass is 298 g/mol. The van der Waals surface area contributed by atoms with Crippen molar-refractivity contribution >= 4 is 10.0 Å². The average Bonchev–Trinajstić information content (AvgIpc) is 2.92. The van der Waals surface area contributed by atoms with Crippen LogP contribution in [0, 0.1) is 0 Å². The molecular formula is C13H22N4O2S. The van der Waals surface area contributed by atoms with E-state index in [0.29, 0.717) is 12.2 Å². The summed E-state index contributed by atoms with van der Waals surface area (Å²) in [6.07, 6.45) is 3.71. The van der Waals surface area contributed by atoms with E-state index in [9.17, 15) is 8.42 Å². The minimum atomic E-state index is -3.54. The molecule has 1 aliphatic heterocycles. The van der Waals surface area contributed by atoms with E-state index in [2.05, 4.69) is 21.5 Å². The predicted molar refractivity (Wildman–Crippen MR) is 77.6 cm³/mol. The zero-order chi connectivity index (χ0) is 14.6. The number of likely N-dealkylation sites (N-methyl/N-ethyl adjacent to an activating group) is 1. The van der Waals surface area contributed by atoms with Crippen molar-refractivity contribution in [3.63, 3.8) is 0 Å². The molecule has 112 valence electrons. The number of nitrogens with zero attached hydrogens (tertiary/aromatic N) is 2. The zero-order valence-corrected chi connectivity index (χ0v) is 12.6. The second-order valence-electron chi connectivity index (χ2n) is 4.93. The Bertz CT molecular complexity index is 547. The fourth-order valence-electron chi connectivity index (χ4n) is 2.65. The molecule has 1 saturated heterocycles. The van der Waals surface area contributed by atoms with Gasteiger partial charge in [-0.05, 0) is 38.1 Å². The highest BCUT2D eigenvalue weighted by Crippen LogP contribution is 2.17. The van der Waals surface area contributed by atoms with Crippen molar-refractivity contribution in [2.24, 2.45) is 5.73 Å². The maximum absolute atomic E-state index is 12.3. The second-order valence-corrected chi connectivity index (χ2v) is 6.66. The number of likely N-dealkylation sites (tertiary alicyclic amines) is 1. The highest BCUT2D eigenvalue weighted by Gasteiger charge is 2.26. The summed E-state index contributed by atoms with van der Waals surface area (Å²) in [6, 6.07) is 3.44. The van der Waals surface area contributed by atoms with Crippen LogP contribution in [-0.2, 0) is 16.6 Å². The number of aromatic nitrogens is 1. The van der Waals surface area contributed by atoms with Crippen molar-refractivity contribution in [2.75, 3.05) is 19.6 Å². The predicted octanol–water partition coefficient (Wildman–Crippen LogP) is 0.303. The quantitative estimate of drug-likeness (QED) is 0.789. The van der Waals surface area contributed by atoms with Crippen molar-refractivity contribution in [2.45, 2.75) is 37.2 Å². The molecule has 1 aliphatic rings. The van der Waals surface area contributed by atoms with Gasteiger partial charge in [-0.25, -0.2) is 13.1 Å². The van der Waals surface area contributed by atoms with Crippen LogP contribution >= 0.6 is 0 Å². The minimum absolute atomic E-state index is 0.113. The van der Waals surface area contributed by atoms with Crippen molar-refractivity contribution in [3.8, 4) is 0 Å². The lowest BCUT2D eigenvalue weighted by atomic mass is 10.2. The summed E-state index contributed by atoms with van der Waals surface area (Å²) in [5.41, 5.74) is 5.95. The van der Waals surface area contributed by atoms with Crippen LogP contribution in [0.5, 0.6) is 0 Å². The third kappa shape index (κ3) is 3.35. The Morgan fingerprint density at radius 2 is 2.35 bits per heavy atom. The van der Waals surface area contributed by atoms with Gasteiger partial charge in [-0.1, -0.05) is 6.92 Å². The highest BCUT2D eigenvalue weighted by atomic mass is 32.2. The molecule has 7 heteroatoms. The fraction of sp³-hybridized carbons (Fsp3) is 0.615. The van der Waals surface area contributed by atoms with Crippen LogP contribution < -0.4 is 10.5 Å². The largest absolute Gasteiger partial charge is 0.325 e. The molecular weight excluding hydrogens is 276 g/mol. The summed E-state index contributed by atoms with van der Waals surface area (Å²) in [7, 11) is -3.54. The van der Waals surface area contributed by atoms with Gasteiger partial charge < -0.3 is 5.73 Å². The summed E-state index contributed by atoms with van der Waals surface area (Å²) >= 11 is 0. The second kappa shape index (κ2) is 6.62. The number of sulfonamides is 1. The summed E-state index contributed by atoms with van der Waals surface area (Å²) in [5.74, 6) is 0. The molecule has 6 nitrogen and oxygen atoms in total. The van der Waals surface area contributed by atoms with Crippen LogP contribution in [0.3, 0.4) is 0 Å². The van der Waals surface area contributed by atoms with Gasteiger partial charge in [-0.15, -0.1) is 0 Å². The number of rotatable bonds is 6. The molecule has 1 aromatic heterocycles. The van der Waals surface area contributed by atoms with E-state index < -0.39 is 10.0 Å². The first kappa shape index (κ1) is 15.4. The normalized spacial score (nSPS) is 20.4. The van der Waals surface area contributed by atoms with Crippen LogP contribution in [0.2, 0.25) is 0 Å².